The predicted molar refractivity (Wildman–Crippen MR) is 72.7 cm³/mol. The molecule has 0 bridgehead atoms. The zero-order chi connectivity index (χ0) is 13.8. The molecule has 0 spiro atoms. The first-order valence-electron chi connectivity index (χ1n) is 5.72. The van der Waals surface area contributed by atoms with Crippen LogP contribution in [-0.2, 0) is 0 Å². The van der Waals surface area contributed by atoms with Crippen molar-refractivity contribution in [2.45, 2.75) is 0 Å². The molecule has 0 fully saturated rings. The molecule has 0 aliphatic heterocycles. The van der Waals surface area contributed by atoms with Gasteiger partial charge in [-0.15, -0.1) is 0 Å². The summed E-state index contributed by atoms with van der Waals surface area (Å²) in [6, 6.07) is 8.91. The number of carboxylic acids is 1. The SMILES string of the molecule is CNc1nccc(-c2ccc(OC)cc2)c1C(=O)O. The molecule has 0 atom stereocenters. The van der Waals surface area contributed by atoms with E-state index >= 15 is 0 Å². The lowest BCUT2D eigenvalue weighted by Crippen LogP contribution is -2.06. The molecule has 0 saturated carbocycles. The Morgan fingerprint density at radius 2 is 1.95 bits per heavy atom. The second-order valence-electron chi connectivity index (χ2n) is 3.87. The Balaban J connectivity index is 2.57. The second kappa shape index (κ2) is 5.39. The van der Waals surface area contributed by atoms with Gasteiger partial charge in [0.15, 0.2) is 0 Å². The lowest BCUT2D eigenvalue weighted by Gasteiger charge is -2.10. The summed E-state index contributed by atoms with van der Waals surface area (Å²) in [5.74, 6) is 0.0626. The first kappa shape index (κ1) is 12.9. The molecule has 5 nitrogen and oxygen atoms in total. The van der Waals surface area contributed by atoms with Gasteiger partial charge in [-0.2, -0.15) is 0 Å². The second-order valence-corrected chi connectivity index (χ2v) is 3.87. The number of carbonyl (C=O) groups is 1. The van der Waals surface area contributed by atoms with Crippen molar-refractivity contribution in [3.05, 3.63) is 42.1 Å². The quantitative estimate of drug-likeness (QED) is 0.881. The summed E-state index contributed by atoms with van der Waals surface area (Å²) in [4.78, 5) is 15.4. The van der Waals surface area contributed by atoms with E-state index in [1.54, 1.807) is 38.6 Å². The maximum atomic E-state index is 11.4. The summed E-state index contributed by atoms with van der Waals surface area (Å²) in [6.45, 7) is 0. The lowest BCUT2D eigenvalue weighted by molar-refractivity contribution is 0.0698. The fraction of sp³-hybridized carbons (Fsp3) is 0.143. The zero-order valence-corrected chi connectivity index (χ0v) is 10.7. The molecule has 0 aliphatic rings. The van der Waals surface area contributed by atoms with Crippen molar-refractivity contribution in [3.8, 4) is 16.9 Å². The predicted octanol–water partition coefficient (Wildman–Crippen LogP) is 2.50. The molecular formula is C14H14N2O3. The number of rotatable bonds is 4. The summed E-state index contributed by atoms with van der Waals surface area (Å²) in [5, 5.41) is 12.1. The molecule has 1 heterocycles. The Kier molecular flexibility index (Phi) is 3.66. The minimum Gasteiger partial charge on any atom is -0.497 e. The maximum Gasteiger partial charge on any atom is 0.340 e. The molecule has 2 N–H and O–H groups in total. The first-order chi connectivity index (χ1) is 9.17. The van der Waals surface area contributed by atoms with Crippen molar-refractivity contribution in [2.75, 3.05) is 19.5 Å². The average molecular weight is 258 g/mol. The van der Waals surface area contributed by atoms with Gasteiger partial charge in [0.25, 0.3) is 0 Å². The van der Waals surface area contributed by atoms with Gasteiger partial charge in [0.2, 0.25) is 0 Å². The fourth-order valence-corrected chi connectivity index (χ4v) is 1.88. The third-order valence-electron chi connectivity index (χ3n) is 2.80. The topological polar surface area (TPSA) is 71.5 Å². The van der Waals surface area contributed by atoms with Crippen LogP contribution in [0.5, 0.6) is 5.75 Å². The number of aromatic nitrogens is 1. The highest BCUT2D eigenvalue weighted by Crippen LogP contribution is 2.28. The van der Waals surface area contributed by atoms with Crippen LogP contribution in [0.4, 0.5) is 5.82 Å². The third-order valence-corrected chi connectivity index (χ3v) is 2.80. The molecule has 98 valence electrons. The van der Waals surface area contributed by atoms with Gasteiger partial charge in [-0.05, 0) is 23.8 Å². The van der Waals surface area contributed by atoms with Crippen LogP contribution in [0, 0.1) is 0 Å². The highest BCUT2D eigenvalue weighted by molar-refractivity contribution is 6.00. The van der Waals surface area contributed by atoms with Crippen LogP contribution in [-0.4, -0.2) is 30.2 Å². The summed E-state index contributed by atoms with van der Waals surface area (Å²) in [6.07, 6.45) is 1.58. The van der Waals surface area contributed by atoms with Crippen LogP contribution in [0.3, 0.4) is 0 Å². The van der Waals surface area contributed by atoms with Gasteiger partial charge in [-0.3, -0.25) is 0 Å². The van der Waals surface area contributed by atoms with Crippen LogP contribution in [0.25, 0.3) is 11.1 Å². The fourth-order valence-electron chi connectivity index (χ4n) is 1.88. The molecule has 0 saturated heterocycles. The summed E-state index contributed by atoms with van der Waals surface area (Å²) in [7, 11) is 3.23. The number of ether oxygens (including phenoxy) is 1. The Hall–Kier alpha value is -2.56. The van der Waals surface area contributed by atoms with E-state index in [-0.39, 0.29) is 5.56 Å². The number of benzene rings is 1. The third kappa shape index (κ3) is 2.49. The van der Waals surface area contributed by atoms with Gasteiger partial charge in [-0.25, -0.2) is 9.78 Å². The van der Waals surface area contributed by atoms with Crippen molar-refractivity contribution in [1.29, 1.82) is 0 Å². The van der Waals surface area contributed by atoms with Crippen molar-refractivity contribution < 1.29 is 14.6 Å². The van der Waals surface area contributed by atoms with E-state index in [1.807, 2.05) is 12.1 Å². The number of methoxy groups -OCH3 is 1. The van der Waals surface area contributed by atoms with Crippen molar-refractivity contribution in [2.24, 2.45) is 0 Å². The molecule has 0 aliphatic carbocycles. The molecule has 2 aromatic rings. The van der Waals surface area contributed by atoms with Crippen LogP contribution in [0.15, 0.2) is 36.5 Å². The zero-order valence-electron chi connectivity index (χ0n) is 10.7. The van der Waals surface area contributed by atoms with E-state index in [9.17, 15) is 9.90 Å². The van der Waals surface area contributed by atoms with Crippen molar-refractivity contribution in [1.82, 2.24) is 4.98 Å². The average Bonchev–Trinajstić information content (AvgIpc) is 2.46. The molecule has 0 radical (unpaired) electrons. The number of nitrogens with zero attached hydrogens (tertiary/aromatic N) is 1. The number of aromatic carboxylic acids is 1. The van der Waals surface area contributed by atoms with Gasteiger partial charge >= 0.3 is 5.97 Å². The number of hydrogen-bond donors (Lipinski definition) is 2. The molecule has 0 unspecified atom stereocenters. The number of nitrogens with one attached hydrogen (secondary N) is 1. The highest BCUT2D eigenvalue weighted by Gasteiger charge is 2.17. The van der Waals surface area contributed by atoms with Crippen LogP contribution >= 0.6 is 0 Å². The van der Waals surface area contributed by atoms with Gasteiger partial charge in [0, 0.05) is 18.8 Å². The summed E-state index contributed by atoms with van der Waals surface area (Å²) in [5.41, 5.74) is 1.58. The van der Waals surface area contributed by atoms with Gasteiger partial charge in [0.1, 0.15) is 17.1 Å². The molecule has 0 amide bonds. The number of pyridine rings is 1. The monoisotopic (exact) mass is 258 g/mol. The standard InChI is InChI=1S/C14H14N2O3/c1-15-13-12(14(17)18)11(7-8-16-13)9-3-5-10(19-2)6-4-9/h3-8H,1-2H3,(H,15,16)(H,17,18). The van der Waals surface area contributed by atoms with E-state index in [2.05, 4.69) is 10.3 Å². The molecule has 1 aromatic carbocycles. The molecule has 5 heteroatoms. The minimum atomic E-state index is -1.01. The van der Waals surface area contributed by atoms with E-state index in [4.69, 9.17) is 4.74 Å². The minimum absolute atomic E-state index is 0.162. The largest absolute Gasteiger partial charge is 0.497 e. The smallest absolute Gasteiger partial charge is 0.340 e. The maximum absolute atomic E-state index is 11.4. The van der Waals surface area contributed by atoms with Gasteiger partial charge in [-0.1, -0.05) is 12.1 Å². The number of anilines is 1. The van der Waals surface area contributed by atoms with Crippen LogP contribution in [0.2, 0.25) is 0 Å². The molecule has 2 rings (SSSR count). The van der Waals surface area contributed by atoms with E-state index in [0.29, 0.717) is 11.4 Å². The Labute approximate surface area is 110 Å². The highest BCUT2D eigenvalue weighted by atomic mass is 16.5. The summed E-state index contributed by atoms with van der Waals surface area (Å²) < 4.78 is 5.09. The van der Waals surface area contributed by atoms with Crippen LogP contribution < -0.4 is 10.1 Å². The van der Waals surface area contributed by atoms with E-state index in [1.165, 1.54) is 0 Å². The van der Waals surface area contributed by atoms with Gasteiger partial charge < -0.3 is 15.2 Å². The van der Waals surface area contributed by atoms with E-state index in [0.717, 1.165) is 11.3 Å². The van der Waals surface area contributed by atoms with E-state index < -0.39 is 5.97 Å². The van der Waals surface area contributed by atoms with Crippen LogP contribution in [0.1, 0.15) is 10.4 Å². The lowest BCUT2D eigenvalue weighted by atomic mass is 10.0. The van der Waals surface area contributed by atoms with Gasteiger partial charge in [0.05, 0.1) is 7.11 Å². The number of hydrogen-bond acceptors (Lipinski definition) is 4. The normalized spacial score (nSPS) is 10.0. The summed E-state index contributed by atoms with van der Waals surface area (Å²) >= 11 is 0. The Morgan fingerprint density at radius 3 is 2.47 bits per heavy atom. The Morgan fingerprint density at radius 1 is 1.26 bits per heavy atom. The molecular weight excluding hydrogens is 244 g/mol. The molecule has 1 aromatic heterocycles. The van der Waals surface area contributed by atoms with Crippen molar-refractivity contribution >= 4 is 11.8 Å². The number of carboxylic acid groups (broad SMARTS) is 1. The van der Waals surface area contributed by atoms with Crippen molar-refractivity contribution in [3.63, 3.8) is 0 Å². The first-order valence-corrected chi connectivity index (χ1v) is 5.72. The Bertz CT molecular complexity index is 594. The molecule has 19 heavy (non-hydrogen) atoms.